The number of fused-ring (bicyclic) bond motifs is 34. The predicted octanol–water partition coefficient (Wildman–Crippen LogP) is 28.1. The summed E-state index contributed by atoms with van der Waals surface area (Å²) in [6.45, 7) is 4.62. The molecule has 0 bridgehead atoms. The normalized spacial score (nSPS) is 12.9. The summed E-state index contributed by atoms with van der Waals surface area (Å²) >= 11 is 0. The molecule has 25 aromatic rings. The molecule has 8 nitrogen and oxygen atoms in total. The van der Waals surface area contributed by atoms with Crippen molar-refractivity contribution in [3.05, 3.63) is 351 Å². The molecule has 0 spiro atoms. The summed E-state index contributed by atoms with van der Waals surface area (Å²) in [6, 6.07) is 122. The lowest BCUT2D eigenvalue weighted by molar-refractivity contribution is 0.656. The van der Waals surface area contributed by atoms with Crippen molar-refractivity contribution >= 4 is 195 Å². The van der Waals surface area contributed by atoms with Crippen molar-refractivity contribution in [3.63, 3.8) is 0 Å². The van der Waals surface area contributed by atoms with Crippen LogP contribution < -0.4 is 0 Å². The maximum Gasteiger partial charge on any atom is 0.235 e. The summed E-state index contributed by atoms with van der Waals surface area (Å²) in [4.78, 5) is 22.5. The van der Waals surface area contributed by atoms with Crippen LogP contribution >= 0.6 is 0 Å². The first kappa shape index (κ1) is 62.1. The number of nitrogens with zero attached hydrogens (tertiary/aromatic N) is 6. The molecule has 1 aliphatic rings. The Morgan fingerprint density at radius 1 is 0.239 bits per heavy atom. The van der Waals surface area contributed by atoms with Crippen LogP contribution in [-0.2, 0) is 5.41 Å². The van der Waals surface area contributed by atoms with Crippen LogP contribution in [0.15, 0.2) is 349 Å². The van der Waals surface area contributed by atoms with Crippen LogP contribution in [-0.4, -0.2) is 29.1 Å². The zero-order valence-corrected chi connectivity index (χ0v) is 61.3. The Hall–Kier alpha value is -14.9. The van der Waals surface area contributed by atoms with E-state index < -0.39 is 0 Å². The van der Waals surface area contributed by atoms with E-state index in [9.17, 15) is 0 Å². The minimum absolute atomic E-state index is 0.339. The minimum Gasteiger partial charge on any atom is -0.456 e. The average molecular weight is 1440 g/mol. The summed E-state index contributed by atoms with van der Waals surface area (Å²) in [7, 11) is 0. The molecule has 6 heterocycles. The second kappa shape index (κ2) is 23.1. The van der Waals surface area contributed by atoms with Gasteiger partial charge in [0, 0.05) is 86.9 Å². The molecule has 6 aromatic heterocycles. The molecule has 0 unspecified atom stereocenters. The topological polar surface area (TPSA) is 87.7 Å². The molecule has 0 fully saturated rings. The van der Waals surface area contributed by atoms with E-state index >= 15 is 0 Å². The zero-order valence-electron chi connectivity index (χ0n) is 61.3. The van der Waals surface area contributed by atoms with Gasteiger partial charge in [-0.2, -0.15) is 0 Å². The number of rotatable bonds is 4. The van der Waals surface area contributed by atoms with Crippen molar-refractivity contribution in [2.24, 2.45) is 0 Å². The number of benzene rings is 19. The van der Waals surface area contributed by atoms with E-state index in [2.05, 4.69) is 338 Å². The van der Waals surface area contributed by atoms with Crippen molar-refractivity contribution in [2.45, 2.75) is 19.3 Å². The van der Waals surface area contributed by atoms with Crippen molar-refractivity contribution in [1.29, 1.82) is 0 Å². The lowest BCUT2D eigenvalue weighted by atomic mass is 9.80. The zero-order chi connectivity index (χ0) is 74.1. The second-order valence-electron chi connectivity index (χ2n) is 30.9. The van der Waals surface area contributed by atoms with Crippen LogP contribution in [0.4, 0.5) is 0 Å². The highest BCUT2D eigenvalue weighted by atomic mass is 16.3. The van der Waals surface area contributed by atoms with Crippen LogP contribution in [0.2, 0.25) is 0 Å². The Labute approximate surface area is 644 Å². The van der Waals surface area contributed by atoms with Crippen LogP contribution in [0.3, 0.4) is 0 Å². The molecule has 113 heavy (non-hydrogen) atoms. The van der Waals surface area contributed by atoms with Gasteiger partial charge in [-0.3, -0.25) is 9.13 Å². The lowest BCUT2D eigenvalue weighted by Crippen LogP contribution is -2.18. The third-order valence-corrected chi connectivity index (χ3v) is 24.7. The number of furan rings is 2. The number of para-hydroxylation sites is 3. The van der Waals surface area contributed by atoms with Crippen molar-refractivity contribution in [1.82, 2.24) is 29.1 Å². The standard InChI is InChI=1S/C53H33N3O.C52H29N3O/c1-53(2)41-23-11-9-20-37(41)50-49(53)51(39-22-13-25-45-46(39)38-21-10-12-24-44(38)57-45)55-52(54-50)56-42-27-26-36-34-18-6-5-16-32(34)33-17-7-8-19-35(33)47(36)48(42)40-28-30-14-3-4-15-31(30)29-43(40)56;1-2-14-32-29-45-42(28-31(32)13-1)49-44(27-25-39-36-18-6-5-16-34(36)35-17-7-8-20-38(35)47(39)49)55(45)52-53-43-26-24-30-12-3-4-15-33(30)48(43)50(54-52)41-22-11-21-40-37-19-9-10-23-46(37)56-51(40)41/h3-29H,1-2H3;1-29H. The molecule has 1 aliphatic carbocycles. The summed E-state index contributed by atoms with van der Waals surface area (Å²) in [5, 5.41) is 32.1. The van der Waals surface area contributed by atoms with E-state index in [-0.39, 0.29) is 5.41 Å². The van der Waals surface area contributed by atoms with Gasteiger partial charge in [0.25, 0.3) is 0 Å². The van der Waals surface area contributed by atoms with Crippen LogP contribution in [0.5, 0.6) is 0 Å². The highest BCUT2D eigenvalue weighted by molar-refractivity contribution is 6.38. The van der Waals surface area contributed by atoms with Gasteiger partial charge in [0.2, 0.25) is 11.9 Å². The van der Waals surface area contributed by atoms with Gasteiger partial charge in [-0.1, -0.05) is 287 Å². The number of hydrogen-bond acceptors (Lipinski definition) is 6. The Balaban J connectivity index is 0.000000128. The second-order valence-corrected chi connectivity index (χ2v) is 30.9. The number of hydrogen-bond donors (Lipinski definition) is 0. The quantitative estimate of drug-likeness (QED) is 0.163. The van der Waals surface area contributed by atoms with Gasteiger partial charge in [-0.05, 0) is 158 Å². The molecule has 0 radical (unpaired) electrons. The maximum absolute atomic E-state index is 6.68. The van der Waals surface area contributed by atoms with Gasteiger partial charge >= 0.3 is 0 Å². The van der Waals surface area contributed by atoms with Gasteiger partial charge in [0.1, 0.15) is 22.3 Å². The van der Waals surface area contributed by atoms with E-state index in [1.165, 1.54) is 113 Å². The van der Waals surface area contributed by atoms with Crippen LogP contribution in [0.1, 0.15) is 25.0 Å². The Morgan fingerprint density at radius 2 is 0.646 bits per heavy atom. The predicted molar refractivity (Wildman–Crippen MR) is 471 cm³/mol. The molecule has 524 valence electrons. The van der Waals surface area contributed by atoms with Gasteiger partial charge in [-0.15, -0.1) is 0 Å². The van der Waals surface area contributed by atoms with E-state index in [1.54, 1.807) is 0 Å². The van der Waals surface area contributed by atoms with E-state index in [0.717, 1.165) is 127 Å². The largest absolute Gasteiger partial charge is 0.456 e. The lowest BCUT2D eigenvalue weighted by Gasteiger charge is -2.24. The van der Waals surface area contributed by atoms with Crippen molar-refractivity contribution in [2.75, 3.05) is 0 Å². The van der Waals surface area contributed by atoms with Gasteiger partial charge in [0.15, 0.2) is 0 Å². The molecule has 0 aliphatic heterocycles. The first-order chi connectivity index (χ1) is 55.8. The molecule has 0 N–H and O–H groups in total. The van der Waals surface area contributed by atoms with Crippen LogP contribution in [0, 0.1) is 0 Å². The number of aromatic nitrogens is 6. The molecule has 0 saturated carbocycles. The van der Waals surface area contributed by atoms with Crippen molar-refractivity contribution < 1.29 is 8.83 Å². The highest BCUT2D eigenvalue weighted by Crippen LogP contribution is 2.54. The van der Waals surface area contributed by atoms with E-state index in [4.69, 9.17) is 28.8 Å². The fourth-order valence-corrected chi connectivity index (χ4v) is 19.8. The fourth-order valence-electron chi connectivity index (χ4n) is 19.8. The smallest absolute Gasteiger partial charge is 0.235 e. The minimum atomic E-state index is -0.339. The first-order valence-corrected chi connectivity index (χ1v) is 38.7. The summed E-state index contributed by atoms with van der Waals surface area (Å²) in [5.74, 6) is 1.27. The monoisotopic (exact) mass is 1440 g/mol. The fraction of sp³-hybridized carbons (Fsp3) is 0.0286. The Bertz CT molecular complexity index is 8500. The first-order valence-electron chi connectivity index (χ1n) is 38.7. The molecule has 0 amide bonds. The van der Waals surface area contributed by atoms with Crippen molar-refractivity contribution in [3.8, 4) is 45.7 Å². The van der Waals surface area contributed by atoms with E-state index in [0.29, 0.717) is 11.9 Å². The third-order valence-electron chi connectivity index (χ3n) is 24.7. The maximum atomic E-state index is 6.68. The SMILES string of the molecule is CC1(C)c2ccccc2-c2nc(-n3c4cc5ccccc5cc4c4c5c6ccccc6c6ccccc6c5ccc43)nc(-c3cccc4oc5ccccc5c34)c21.c1ccc2cc3c(cc2c1)c1c2c4ccccc4c4ccccc4c2ccc1n3-c1nc(-c2cccc3c2oc2ccccc23)c2c(ccc3ccccc32)n1. The Morgan fingerprint density at radius 3 is 1.24 bits per heavy atom. The summed E-state index contributed by atoms with van der Waals surface area (Å²) < 4.78 is 17.8. The van der Waals surface area contributed by atoms with Gasteiger partial charge in [0.05, 0.1) is 44.7 Å². The van der Waals surface area contributed by atoms with Gasteiger partial charge < -0.3 is 8.83 Å². The van der Waals surface area contributed by atoms with Gasteiger partial charge in [-0.25, -0.2) is 19.9 Å². The van der Waals surface area contributed by atoms with E-state index in [1.807, 2.05) is 24.3 Å². The molecule has 26 rings (SSSR count). The Kier molecular flexibility index (Phi) is 12.7. The highest BCUT2D eigenvalue weighted by Gasteiger charge is 2.41. The molecular formula is C105H62N6O2. The summed E-state index contributed by atoms with van der Waals surface area (Å²) in [6.07, 6.45) is 0. The molecule has 0 saturated heterocycles. The molecule has 8 heteroatoms. The molecular weight excluding hydrogens is 1380 g/mol. The van der Waals surface area contributed by atoms with Crippen LogP contribution in [0.25, 0.3) is 241 Å². The molecule has 19 aromatic carbocycles. The molecule has 0 atom stereocenters. The summed E-state index contributed by atoms with van der Waals surface area (Å²) in [5.41, 5.74) is 16.5. The average Bonchev–Trinajstić information content (AvgIpc) is 1.61. The third kappa shape index (κ3) is 8.69.